The van der Waals surface area contributed by atoms with Crippen molar-refractivity contribution in [2.45, 2.75) is 270 Å². The molecule has 772 valence electrons. The summed E-state index contributed by atoms with van der Waals surface area (Å²) in [6.07, 6.45) is 1.31. The molecule has 31 N–H and O–H groups in total. The molecule has 4 heterocycles. The van der Waals surface area contributed by atoms with Crippen LogP contribution in [0.5, 0.6) is 0 Å². The molecule has 14 amide bonds. The fourth-order valence-electron chi connectivity index (χ4n) is 18.0. The number of fused-ring (bicyclic) bond motifs is 2. The maximum absolute atomic E-state index is 15.3. The molecule has 4 aromatic carbocycles. The summed E-state index contributed by atoms with van der Waals surface area (Å²) in [6, 6.07) is 4.37. The van der Waals surface area contributed by atoms with Crippen molar-refractivity contribution < 1.29 is 107 Å². The number of aliphatic hydroxyl groups is 2. The summed E-state index contributed by atoms with van der Waals surface area (Å²) in [5.41, 5.74) is 23.6. The van der Waals surface area contributed by atoms with E-state index in [9.17, 15) is 87.9 Å². The van der Waals surface area contributed by atoms with Crippen LogP contribution in [0.3, 0.4) is 0 Å². The topological polar surface area (TPSA) is 746 Å². The predicted octanol–water partition coefficient (Wildman–Crippen LogP) is -2.92. The van der Waals surface area contributed by atoms with Gasteiger partial charge in [-0.1, -0.05) is 110 Å². The maximum Gasteiger partial charge on any atom is 0.326 e. The van der Waals surface area contributed by atoms with Gasteiger partial charge in [0.15, 0.2) is 11.9 Å². The number of nitrogens with zero attached hydrogens (tertiary/aromatic N) is 2. The Labute approximate surface area is 824 Å². The standard InChI is InChI=1S/C95H133ClN24O22/c96-57-30-31-60-56(49-106-67(60)46-57)45-70(112-78(127)61-26-12-38-103-61)84(133)109-65(28-14-40-105-94(101)102)87(136)118-95(34-35-95)92(142)117-64(27-13-39-104-93(99)100)81(130)107-63(25-7-9-37-98)80(129)115-72(43-53-18-10-19-53)90(139)120-50-58(122)47-75(120)88(137)114-71(48-77(125)126)85(134)116-73(51-121)86(135)111-68(42-52-16-2-1-3-17-52)82(131)113-69(44-55-22-11-21-54-20-4-5-23-59(54)55)83(132)108-62(24-6-8-36-97)79(128)110-66(32-33-76(123)124)89(138)119-41-15-29-74(119)91(140)141/h1-5,11,16-17,20-23,30-31,46,49,53,58,61-66,68-75,103,106,121-122H,6-10,12-15,18-19,24-29,32-45,47-48,50-51,97-98H2,(H,107,130)(H,108,132)(H,109,133)(H,110,128)(H,111,135)(H,112,127)(H,113,131)(H,114,137)(H,115,129)(H,116,134)(H,117,142)(H,118,136)(H,123,124)(H,125,126)(H,140,141)(H4,99,100,104)(H4,101,102,105)/t58-,61+,62+,63+,64+,65+,66+,68+,69+,70+,71+,72+,73+,74+,75+/m1/s1. The average Bonchev–Trinajstić information content (AvgIpc) is 1.62. The fourth-order valence-corrected chi connectivity index (χ4v) is 18.2. The molecule has 0 bridgehead atoms. The Bertz CT molecular complexity index is 5330. The van der Waals surface area contributed by atoms with Gasteiger partial charge in [-0.05, 0) is 181 Å². The molecular weight excluding hydrogens is 1860 g/mol. The van der Waals surface area contributed by atoms with Crippen LogP contribution < -0.4 is 103 Å². The number of aliphatic hydroxyl groups excluding tert-OH is 2. The third-order valence-corrected chi connectivity index (χ3v) is 26.4. The minimum Gasteiger partial charge on any atom is -0.481 e. The van der Waals surface area contributed by atoms with Gasteiger partial charge in [-0.3, -0.25) is 87.5 Å². The minimum absolute atomic E-state index is 0.0000565. The molecule has 3 aliphatic heterocycles. The van der Waals surface area contributed by atoms with Crippen LogP contribution in [-0.4, -0.2) is 301 Å². The monoisotopic (exact) mass is 2000 g/mol. The zero-order valence-electron chi connectivity index (χ0n) is 79.0. The summed E-state index contributed by atoms with van der Waals surface area (Å²) in [7, 11) is 0. The number of hydrogen-bond acceptors (Lipinski definition) is 24. The second-order valence-corrected chi connectivity index (χ2v) is 37.2. The number of β-amino-alcohol motifs (C(OH)–C–C–N with tert-alkyl or cyclic N) is 1. The number of amides is 14. The summed E-state index contributed by atoms with van der Waals surface area (Å²) in [5, 5.41) is 111. The van der Waals surface area contributed by atoms with E-state index in [1.54, 1.807) is 97.2 Å². The normalized spacial score (nSPS) is 18.6. The number of carbonyl (C=O) groups excluding carboxylic acids is 14. The number of carboxylic acids is 3. The minimum atomic E-state index is -2.12. The van der Waals surface area contributed by atoms with E-state index in [2.05, 4.69) is 84.7 Å². The number of unbranched alkanes of at least 4 members (excludes halogenated alkanes) is 2. The molecule has 2 saturated carbocycles. The molecule has 5 aromatic rings. The van der Waals surface area contributed by atoms with Crippen molar-refractivity contribution in [3.63, 3.8) is 0 Å². The first-order valence-electron chi connectivity index (χ1n) is 48.2. The smallest absolute Gasteiger partial charge is 0.326 e. The van der Waals surface area contributed by atoms with Gasteiger partial charge in [0.05, 0.1) is 25.2 Å². The molecule has 5 fully saturated rings. The number of carboxylic acid groups (broad SMARTS) is 3. The van der Waals surface area contributed by atoms with E-state index in [0.29, 0.717) is 84.1 Å². The lowest BCUT2D eigenvalue weighted by Gasteiger charge is -2.34. The van der Waals surface area contributed by atoms with Crippen LogP contribution in [0, 0.1) is 16.7 Å². The number of likely N-dealkylation sites (tertiary alicyclic amines) is 2. The Morgan fingerprint density at radius 1 is 0.486 bits per heavy atom. The summed E-state index contributed by atoms with van der Waals surface area (Å²) in [6.45, 7) is -0.795. The highest BCUT2D eigenvalue weighted by atomic mass is 35.5. The summed E-state index contributed by atoms with van der Waals surface area (Å²) < 4.78 is 0. The van der Waals surface area contributed by atoms with Gasteiger partial charge in [-0.25, -0.2) is 4.79 Å². The van der Waals surface area contributed by atoms with Crippen LogP contribution in [-0.2, 0) is 101 Å². The van der Waals surface area contributed by atoms with Crippen LogP contribution in [0.4, 0.5) is 0 Å². The van der Waals surface area contributed by atoms with Crippen molar-refractivity contribution in [1.82, 2.24) is 94.5 Å². The van der Waals surface area contributed by atoms with E-state index in [1.807, 2.05) is 0 Å². The number of nitrogens with one attached hydrogen (secondary N) is 18. The predicted molar refractivity (Wildman–Crippen MR) is 518 cm³/mol. The third kappa shape index (κ3) is 32.4. The van der Waals surface area contributed by atoms with Crippen LogP contribution >= 0.6 is 11.6 Å². The Morgan fingerprint density at radius 3 is 1.58 bits per heavy atom. The second-order valence-electron chi connectivity index (χ2n) is 36.8. The Morgan fingerprint density at radius 2 is 1.01 bits per heavy atom. The summed E-state index contributed by atoms with van der Waals surface area (Å²) in [4.78, 5) is 248. The third-order valence-electron chi connectivity index (χ3n) is 26.1. The fraction of sp³-hybridized carbons (Fsp3) is 0.547. The molecule has 0 unspecified atom stereocenters. The molecule has 47 heteroatoms. The zero-order valence-corrected chi connectivity index (χ0v) is 79.7. The van der Waals surface area contributed by atoms with E-state index in [-0.39, 0.29) is 141 Å². The van der Waals surface area contributed by atoms with Crippen molar-refractivity contribution >= 4 is 146 Å². The highest BCUT2D eigenvalue weighted by Crippen LogP contribution is 2.37. The van der Waals surface area contributed by atoms with Crippen molar-refractivity contribution in [3.8, 4) is 0 Å². The van der Waals surface area contributed by atoms with Crippen LogP contribution in [0.15, 0.2) is 97.2 Å². The zero-order chi connectivity index (χ0) is 103. The van der Waals surface area contributed by atoms with Gasteiger partial charge in [-0.2, -0.15) is 0 Å². The number of rotatable bonds is 57. The number of halogens is 1. The van der Waals surface area contributed by atoms with Crippen LogP contribution in [0.25, 0.3) is 21.7 Å². The van der Waals surface area contributed by atoms with Crippen molar-refractivity contribution in [2.75, 3.05) is 52.4 Å². The number of nitrogens with two attached hydrogens (primary N) is 4. The van der Waals surface area contributed by atoms with E-state index in [4.69, 9.17) is 45.4 Å². The second kappa shape index (κ2) is 53.8. The van der Waals surface area contributed by atoms with Gasteiger partial charge in [0.25, 0.3) is 0 Å². The number of aromatic nitrogens is 1. The van der Waals surface area contributed by atoms with E-state index in [0.717, 1.165) is 27.0 Å². The number of aromatic amines is 1. The van der Waals surface area contributed by atoms with Gasteiger partial charge in [0.1, 0.15) is 84.1 Å². The van der Waals surface area contributed by atoms with Crippen molar-refractivity contribution in [3.05, 3.63) is 119 Å². The molecule has 2 aliphatic carbocycles. The molecule has 1 aromatic heterocycles. The molecular formula is C95H133ClN24O22. The number of aliphatic carboxylic acids is 3. The SMILES string of the molecule is N=C(N)NCCC[C@H](NC(=O)[C@H](Cc1c[nH]c2cc(Cl)ccc12)NC(=O)[C@@H]1CCCN1)C(=O)NC1(C(=O)N[C@@H](CCCNC(=N)N)C(=O)N[C@@H](CCCCN)C(=O)N[C@@H](CC2CCC2)C(=O)N2C[C@H](O)C[C@H]2C(=O)N[C@@H](CC(=O)O)C(=O)N[C@@H](CO)C(=O)N[C@@H](Cc2ccccc2)C(=O)N[C@@H](Cc2cccc3ccccc23)C(=O)N[C@@H](CCCCN)C(=O)N[C@@H](CCC(=O)O)C(=O)N2CCC[C@H]2C(=O)O)CC1. The molecule has 142 heavy (non-hydrogen) atoms. The molecule has 0 spiro atoms. The Balaban J connectivity index is 0.833. The van der Waals surface area contributed by atoms with Gasteiger partial charge in [0.2, 0.25) is 82.7 Å². The number of hydrogen-bond donors (Lipinski definition) is 27. The van der Waals surface area contributed by atoms with Gasteiger partial charge >= 0.3 is 17.9 Å². The molecule has 15 atom stereocenters. The van der Waals surface area contributed by atoms with Crippen LogP contribution in [0.2, 0.25) is 5.02 Å². The van der Waals surface area contributed by atoms with Crippen molar-refractivity contribution in [1.29, 1.82) is 10.8 Å². The van der Waals surface area contributed by atoms with E-state index < -0.39 is 242 Å². The van der Waals surface area contributed by atoms with Crippen LogP contribution in [0.1, 0.15) is 171 Å². The maximum atomic E-state index is 15.3. The van der Waals surface area contributed by atoms with Gasteiger partial charge in [0, 0.05) is 80.4 Å². The molecule has 10 rings (SSSR count). The summed E-state index contributed by atoms with van der Waals surface area (Å²) >= 11 is 6.29. The van der Waals surface area contributed by atoms with E-state index >= 15 is 19.2 Å². The Kier molecular flexibility index (Phi) is 41.8. The number of H-pyrrole nitrogens is 1. The number of guanidine groups is 2. The highest BCUT2D eigenvalue weighted by Gasteiger charge is 2.54. The molecule has 0 radical (unpaired) electrons. The first kappa shape index (κ1) is 110. The highest BCUT2D eigenvalue weighted by molar-refractivity contribution is 6.31. The molecule has 46 nitrogen and oxygen atoms in total. The summed E-state index contributed by atoms with van der Waals surface area (Å²) in [5.74, 6) is -18.5. The lowest BCUT2D eigenvalue weighted by Crippen LogP contribution is -2.62. The first-order chi connectivity index (χ1) is 67.9. The Hall–Kier alpha value is -13.7. The number of benzene rings is 4. The molecule has 3 saturated heterocycles. The lowest BCUT2D eigenvalue weighted by atomic mass is 9.80. The quantitative estimate of drug-likeness (QED) is 0.0105. The molecule has 5 aliphatic rings. The van der Waals surface area contributed by atoms with E-state index in [1.165, 1.54) is 0 Å². The van der Waals surface area contributed by atoms with Gasteiger partial charge < -0.3 is 143 Å². The van der Waals surface area contributed by atoms with Crippen molar-refractivity contribution in [2.24, 2.45) is 28.9 Å². The number of carbonyl (C=O) groups is 17. The first-order valence-corrected chi connectivity index (χ1v) is 48.6. The lowest BCUT2D eigenvalue weighted by molar-refractivity contribution is -0.150. The van der Waals surface area contributed by atoms with Gasteiger partial charge in [-0.15, -0.1) is 0 Å². The average molecular weight is 2000 g/mol. The largest absolute Gasteiger partial charge is 0.481 e.